The van der Waals surface area contributed by atoms with E-state index in [9.17, 15) is 14.4 Å². The van der Waals surface area contributed by atoms with Gasteiger partial charge >= 0.3 is 0 Å². The van der Waals surface area contributed by atoms with Crippen molar-refractivity contribution < 1.29 is 9.59 Å². The highest BCUT2D eigenvalue weighted by atomic mass is 32.2. The lowest BCUT2D eigenvalue weighted by atomic mass is 10.1. The normalized spacial score (nSPS) is 10.8. The Balaban J connectivity index is 1.53. The van der Waals surface area contributed by atoms with E-state index in [2.05, 4.69) is 22.8 Å². The number of nitrogens with one attached hydrogen (secondary N) is 2. The van der Waals surface area contributed by atoms with Gasteiger partial charge in [0.1, 0.15) is 0 Å². The van der Waals surface area contributed by atoms with Gasteiger partial charge in [-0.2, -0.15) is 0 Å². The van der Waals surface area contributed by atoms with E-state index >= 15 is 0 Å². The third kappa shape index (κ3) is 5.18. The van der Waals surface area contributed by atoms with Crippen LogP contribution < -0.4 is 16.4 Å². The number of carbonyl (C=O) groups is 2. The fourth-order valence-corrected chi connectivity index (χ4v) is 4.20. The van der Waals surface area contributed by atoms with Crippen LogP contribution in [0.4, 0.5) is 0 Å². The van der Waals surface area contributed by atoms with Crippen molar-refractivity contribution in [2.75, 3.05) is 5.75 Å². The molecule has 0 aliphatic rings. The number of aryl methyl sites for hydroxylation is 2. The lowest BCUT2D eigenvalue weighted by molar-refractivity contribution is -0.119. The summed E-state index contributed by atoms with van der Waals surface area (Å²) in [5.74, 6) is -0.859. The minimum absolute atomic E-state index is 0.0357. The molecular weight excluding hydrogens is 448 g/mol. The first kappa shape index (κ1) is 23.3. The zero-order valence-corrected chi connectivity index (χ0v) is 19.7. The third-order valence-corrected chi connectivity index (χ3v) is 6.25. The second-order valence-electron chi connectivity index (χ2n) is 7.73. The maximum atomic E-state index is 13.3. The SMILES string of the molecule is CCc1ccc(-n2c(SCC(=O)NNC(=O)c3ccc(C)cc3)nc3ccccc3c2=O)cc1. The molecule has 0 saturated carbocycles. The summed E-state index contributed by atoms with van der Waals surface area (Å²) < 4.78 is 1.52. The minimum atomic E-state index is -0.416. The lowest BCUT2D eigenvalue weighted by Gasteiger charge is -2.14. The Morgan fingerprint density at radius 2 is 1.65 bits per heavy atom. The molecule has 0 fully saturated rings. The van der Waals surface area contributed by atoms with Gasteiger partial charge < -0.3 is 0 Å². The Kier molecular flexibility index (Phi) is 7.08. The van der Waals surface area contributed by atoms with Gasteiger partial charge in [0.25, 0.3) is 11.5 Å². The van der Waals surface area contributed by atoms with E-state index in [-0.39, 0.29) is 11.3 Å². The fraction of sp³-hybridized carbons (Fsp3) is 0.154. The topological polar surface area (TPSA) is 93.1 Å². The van der Waals surface area contributed by atoms with E-state index < -0.39 is 11.8 Å². The maximum Gasteiger partial charge on any atom is 0.269 e. The first-order chi connectivity index (χ1) is 16.5. The van der Waals surface area contributed by atoms with Gasteiger partial charge in [0.2, 0.25) is 5.91 Å². The largest absolute Gasteiger partial charge is 0.272 e. The number of para-hydroxylation sites is 1. The molecule has 0 atom stereocenters. The molecule has 4 aromatic rings. The predicted molar refractivity (Wildman–Crippen MR) is 134 cm³/mol. The van der Waals surface area contributed by atoms with E-state index in [1.165, 1.54) is 4.57 Å². The number of amides is 2. The van der Waals surface area contributed by atoms with E-state index in [0.717, 1.165) is 29.3 Å². The summed E-state index contributed by atoms with van der Waals surface area (Å²) in [7, 11) is 0. The number of benzene rings is 3. The van der Waals surface area contributed by atoms with Gasteiger partial charge in [-0.3, -0.25) is 29.8 Å². The predicted octanol–water partition coefficient (Wildman–Crippen LogP) is 3.81. The van der Waals surface area contributed by atoms with Crippen LogP contribution in [0.5, 0.6) is 0 Å². The zero-order chi connectivity index (χ0) is 24.1. The van der Waals surface area contributed by atoms with Crippen molar-refractivity contribution in [3.8, 4) is 5.69 Å². The average Bonchev–Trinajstić information content (AvgIpc) is 2.86. The van der Waals surface area contributed by atoms with Gasteiger partial charge in [0.05, 0.1) is 22.3 Å². The standard InChI is InChI=1S/C26H24N4O3S/c1-3-18-10-14-20(15-11-18)30-25(33)21-6-4-5-7-22(21)27-26(30)34-16-23(31)28-29-24(32)19-12-8-17(2)9-13-19/h4-15H,3,16H2,1-2H3,(H,28,31)(H,29,32). The highest BCUT2D eigenvalue weighted by molar-refractivity contribution is 7.99. The van der Waals surface area contributed by atoms with Crippen LogP contribution in [0.1, 0.15) is 28.4 Å². The van der Waals surface area contributed by atoms with Crippen LogP contribution in [-0.4, -0.2) is 27.1 Å². The Hall–Kier alpha value is -3.91. The van der Waals surface area contributed by atoms with Gasteiger partial charge in [-0.05, 0) is 55.3 Å². The number of thioether (sulfide) groups is 1. The van der Waals surface area contributed by atoms with Crippen molar-refractivity contribution >= 4 is 34.5 Å². The van der Waals surface area contributed by atoms with Gasteiger partial charge in [-0.25, -0.2) is 4.98 Å². The number of nitrogens with zero attached hydrogens (tertiary/aromatic N) is 2. The third-order valence-electron chi connectivity index (χ3n) is 5.31. The molecule has 0 bridgehead atoms. The van der Waals surface area contributed by atoms with Gasteiger partial charge in [-0.15, -0.1) is 0 Å². The van der Waals surface area contributed by atoms with Gasteiger partial charge in [0.15, 0.2) is 5.16 Å². The van der Waals surface area contributed by atoms with Crippen LogP contribution in [0.3, 0.4) is 0 Å². The Morgan fingerprint density at radius 1 is 0.941 bits per heavy atom. The number of hydrazine groups is 1. The van der Waals surface area contributed by atoms with Crippen molar-refractivity contribution in [3.63, 3.8) is 0 Å². The molecule has 2 N–H and O–H groups in total. The molecule has 3 aromatic carbocycles. The Bertz CT molecular complexity index is 1400. The summed E-state index contributed by atoms with van der Waals surface area (Å²) in [6.07, 6.45) is 0.890. The van der Waals surface area contributed by atoms with E-state index in [1.54, 1.807) is 30.3 Å². The summed E-state index contributed by atoms with van der Waals surface area (Å²) in [6.45, 7) is 4.00. The minimum Gasteiger partial charge on any atom is -0.272 e. The molecule has 4 rings (SSSR count). The van der Waals surface area contributed by atoms with Gasteiger partial charge in [-0.1, -0.05) is 60.6 Å². The van der Waals surface area contributed by atoms with Crippen molar-refractivity contribution in [1.29, 1.82) is 0 Å². The molecule has 0 unspecified atom stereocenters. The summed E-state index contributed by atoms with van der Waals surface area (Å²) >= 11 is 1.13. The molecule has 34 heavy (non-hydrogen) atoms. The number of rotatable bonds is 6. The molecule has 0 spiro atoms. The van der Waals surface area contributed by atoms with Crippen LogP contribution in [0.15, 0.2) is 82.7 Å². The number of hydrogen-bond donors (Lipinski definition) is 2. The molecular formula is C26H24N4O3S. The number of aromatic nitrogens is 2. The van der Waals surface area contributed by atoms with Crippen LogP contribution >= 0.6 is 11.8 Å². The smallest absolute Gasteiger partial charge is 0.269 e. The molecule has 1 heterocycles. The first-order valence-electron chi connectivity index (χ1n) is 10.9. The first-order valence-corrected chi connectivity index (χ1v) is 11.8. The number of fused-ring (bicyclic) bond motifs is 1. The summed E-state index contributed by atoms with van der Waals surface area (Å²) in [5, 5.41) is 0.897. The number of hydrogen-bond acceptors (Lipinski definition) is 5. The molecule has 0 saturated heterocycles. The molecule has 172 valence electrons. The molecule has 0 radical (unpaired) electrons. The van der Waals surface area contributed by atoms with Crippen molar-refractivity contribution in [3.05, 3.63) is 99.8 Å². The highest BCUT2D eigenvalue weighted by Crippen LogP contribution is 2.21. The molecule has 0 aliphatic heterocycles. The molecule has 2 amide bonds. The maximum absolute atomic E-state index is 13.3. The molecule has 0 aliphatic carbocycles. The Morgan fingerprint density at radius 3 is 2.35 bits per heavy atom. The quantitative estimate of drug-likeness (QED) is 0.253. The van der Waals surface area contributed by atoms with Crippen LogP contribution in [-0.2, 0) is 11.2 Å². The van der Waals surface area contributed by atoms with Crippen molar-refractivity contribution in [1.82, 2.24) is 20.4 Å². The zero-order valence-electron chi connectivity index (χ0n) is 18.9. The van der Waals surface area contributed by atoms with E-state index in [0.29, 0.717) is 27.3 Å². The lowest BCUT2D eigenvalue weighted by Crippen LogP contribution is -2.42. The van der Waals surface area contributed by atoms with Crippen molar-refractivity contribution in [2.45, 2.75) is 25.4 Å². The monoisotopic (exact) mass is 472 g/mol. The second kappa shape index (κ2) is 10.4. The molecule has 1 aromatic heterocycles. The summed E-state index contributed by atoms with van der Waals surface area (Å²) in [6, 6.07) is 21.8. The second-order valence-corrected chi connectivity index (χ2v) is 8.67. The van der Waals surface area contributed by atoms with Gasteiger partial charge in [0, 0.05) is 5.56 Å². The number of carbonyl (C=O) groups excluding carboxylic acids is 2. The van der Waals surface area contributed by atoms with E-state index in [1.807, 2.05) is 49.4 Å². The van der Waals surface area contributed by atoms with Crippen molar-refractivity contribution in [2.24, 2.45) is 0 Å². The summed E-state index contributed by atoms with van der Waals surface area (Å²) in [4.78, 5) is 42.6. The fourth-order valence-electron chi connectivity index (χ4n) is 3.39. The molecule has 8 heteroatoms. The van der Waals surface area contributed by atoms with Crippen LogP contribution in [0.2, 0.25) is 0 Å². The van der Waals surface area contributed by atoms with E-state index in [4.69, 9.17) is 0 Å². The average molecular weight is 473 g/mol. The summed E-state index contributed by atoms with van der Waals surface area (Å²) in [5.41, 5.74) is 8.50. The Labute approximate surface area is 201 Å². The van der Waals surface area contributed by atoms with Crippen LogP contribution in [0.25, 0.3) is 16.6 Å². The highest BCUT2D eigenvalue weighted by Gasteiger charge is 2.15. The molecule has 7 nitrogen and oxygen atoms in total. The van der Waals surface area contributed by atoms with Crippen LogP contribution in [0, 0.1) is 6.92 Å².